The van der Waals surface area contributed by atoms with E-state index in [-0.39, 0.29) is 0 Å². The minimum absolute atomic E-state index is 0.656. The number of hydrogen-bond acceptors (Lipinski definition) is 2. The second-order valence-corrected chi connectivity index (χ2v) is 4.95. The zero-order valence-electron chi connectivity index (χ0n) is 12.1. The lowest BCUT2D eigenvalue weighted by atomic mass is 9.95. The Morgan fingerprint density at radius 2 is 1.65 bits per heavy atom. The Morgan fingerprint density at radius 1 is 1.05 bits per heavy atom. The minimum atomic E-state index is 0.656. The number of nitrogens with zero attached hydrogens (tertiary/aromatic N) is 1. The summed E-state index contributed by atoms with van der Waals surface area (Å²) in [6.45, 7) is 6.16. The Morgan fingerprint density at radius 3 is 2.20 bits per heavy atom. The maximum Gasteiger partial charge on any atom is 0.101 e. The first-order valence-corrected chi connectivity index (χ1v) is 6.62. The van der Waals surface area contributed by atoms with Gasteiger partial charge >= 0.3 is 0 Å². The summed E-state index contributed by atoms with van der Waals surface area (Å²) in [5.74, 6) is 0. The van der Waals surface area contributed by atoms with Crippen molar-refractivity contribution >= 4 is 11.3 Å². The molecule has 0 saturated heterocycles. The van der Waals surface area contributed by atoms with Crippen LogP contribution in [0.3, 0.4) is 0 Å². The van der Waals surface area contributed by atoms with Crippen molar-refractivity contribution in [3.8, 4) is 6.07 Å². The van der Waals surface area contributed by atoms with E-state index in [0.717, 1.165) is 22.4 Å². The molecule has 1 N–H and O–H groups in total. The molecule has 2 aromatic rings. The predicted octanol–water partition coefficient (Wildman–Crippen LogP) is 4.59. The van der Waals surface area contributed by atoms with Gasteiger partial charge < -0.3 is 5.32 Å². The monoisotopic (exact) mass is 262 g/mol. The molecule has 0 aliphatic rings. The van der Waals surface area contributed by atoms with Crippen LogP contribution in [0, 0.1) is 32.1 Å². The third-order valence-electron chi connectivity index (χ3n) is 3.22. The van der Waals surface area contributed by atoms with Crippen LogP contribution in [0.5, 0.6) is 0 Å². The molecule has 0 aliphatic heterocycles. The Hall–Kier alpha value is -2.53. The van der Waals surface area contributed by atoms with Gasteiger partial charge in [0.05, 0.1) is 5.57 Å². The molecule has 0 radical (unpaired) electrons. The lowest BCUT2D eigenvalue weighted by molar-refractivity contribution is 1.29. The quantitative estimate of drug-likeness (QED) is 0.821. The van der Waals surface area contributed by atoms with E-state index in [1.54, 1.807) is 6.20 Å². The fraction of sp³-hybridized carbons (Fsp3) is 0.167. The highest BCUT2D eigenvalue weighted by Crippen LogP contribution is 2.24. The van der Waals surface area contributed by atoms with Gasteiger partial charge in [-0.3, -0.25) is 0 Å². The van der Waals surface area contributed by atoms with Crippen molar-refractivity contribution in [1.82, 2.24) is 0 Å². The number of benzene rings is 2. The third-order valence-corrected chi connectivity index (χ3v) is 3.22. The second-order valence-electron chi connectivity index (χ2n) is 4.95. The van der Waals surface area contributed by atoms with Crippen LogP contribution in [0.4, 0.5) is 5.69 Å². The highest BCUT2D eigenvalue weighted by Gasteiger charge is 2.08. The van der Waals surface area contributed by atoms with Crippen LogP contribution in [0.1, 0.15) is 22.3 Å². The predicted molar refractivity (Wildman–Crippen MR) is 84.3 cm³/mol. The number of rotatable bonds is 3. The molecular weight excluding hydrogens is 244 g/mol. The molecule has 0 aromatic heterocycles. The lowest BCUT2D eigenvalue weighted by Gasteiger charge is -2.11. The van der Waals surface area contributed by atoms with E-state index in [2.05, 4.69) is 30.4 Å². The molecule has 20 heavy (non-hydrogen) atoms. The SMILES string of the molecule is Cc1cc(C)c(/C(C#N)=C/Nc2ccccc2)c(C)c1. The highest BCUT2D eigenvalue weighted by atomic mass is 14.8. The van der Waals surface area contributed by atoms with E-state index in [9.17, 15) is 5.26 Å². The van der Waals surface area contributed by atoms with Crippen molar-refractivity contribution < 1.29 is 0 Å². The van der Waals surface area contributed by atoms with E-state index in [1.165, 1.54) is 5.56 Å². The van der Waals surface area contributed by atoms with Crippen LogP contribution < -0.4 is 5.32 Å². The first-order valence-electron chi connectivity index (χ1n) is 6.62. The number of aryl methyl sites for hydroxylation is 3. The molecule has 0 atom stereocenters. The first kappa shape index (κ1) is 13.9. The summed E-state index contributed by atoms with van der Waals surface area (Å²) in [5.41, 5.74) is 6.13. The van der Waals surface area contributed by atoms with Crippen LogP contribution in [0.2, 0.25) is 0 Å². The summed E-state index contributed by atoms with van der Waals surface area (Å²) in [5, 5.41) is 12.6. The Bertz CT molecular complexity index is 653. The Labute approximate surface area is 120 Å². The molecule has 2 rings (SSSR count). The zero-order chi connectivity index (χ0) is 14.5. The second kappa shape index (κ2) is 6.08. The number of allylic oxidation sites excluding steroid dienone is 1. The topological polar surface area (TPSA) is 35.8 Å². The largest absolute Gasteiger partial charge is 0.360 e. The summed E-state index contributed by atoms with van der Waals surface area (Å²) < 4.78 is 0. The van der Waals surface area contributed by atoms with Crippen molar-refractivity contribution in [2.75, 3.05) is 5.32 Å². The van der Waals surface area contributed by atoms with E-state index in [0.29, 0.717) is 5.57 Å². The van der Waals surface area contributed by atoms with E-state index < -0.39 is 0 Å². The lowest BCUT2D eigenvalue weighted by Crippen LogP contribution is -1.96. The van der Waals surface area contributed by atoms with Crippen LogP contribution in [0.15, 0.2) is 48.7 Å². The summed E-state index contributed by atoms with van der Waals surface area (Å²) in [4.78, 5) is 0. The molecule has 100 valence electrons. The molecule has 0 heterocycles. The molecule has 0 amide bonds. The van der Waals surface area contributed by atoms with Gasteiger partial charge in [-0.2, -0.15) is 5.26 Å². The van der Waals surface area contributed by atoms with E-state index in [4.69, 9.17) is 0 Å². The van der Waals surface area contributed by atoms with Crippen molar-refractivity contribution in [3.63, 3.8) is 0 Å². The fourth-order valence-corrected chi connectivity index (χ4v) is 2.46. The fourth-order valence-electron chi connectivity index (χ4n) is 2.46. The van der Waals surface area contributed by atoms with Crippen molar-refractivity contribution in [1.29, 1.82) is 5.26 Å². The molecule has 0 bridgehead atoms. The van der Waals surface area contributed by atoms with Crippen molar-refractivity contribution in [3.05, 3.63) is 70.9 Å². The smallest absolute Gasteiger partial charge is 0.101 e. The highest BCUT2D eigenvalue weighted by molar-refractivity contribution is 5.81. The number of nitriles is 1. The van der Waals surface area contributed by atoms with Crippen molar-refractivity contribution in [2.24, 2.45) is 0 Å². The molecular formula is C18H18N2. The van der Waals surface area contributed by atoms with Crippen molar-refractivity contribution in [2.45, 2.75) is 20.8 Å². The number of hydrogen-bond donors (Lipinski definition) is 1. The van der Waals surface area contributed by atoms with Crippen LogP contribution in [-0.2, 0) is 0 Å². The third kappa shape index (κ3) is 3.07. The molecule has 2 aromatic carbocycles. The first-order chi connectivity index (χ1) is 9.61. The maximum absolute atomic E-state index is 9.42. The van der Waals surface area contributed by atoms with Crippen LogP contribution in [0.25, 0.3) is 5.57 Å². The molecule has 0 aliphatic carbocycles. The summed E-state index contributed by atoms with van der Waals surface area (Å²) in [6, 6.07) is 16.3. The maximum atomic E-state index is 9.42. The Kier molecular flexibility index (Phi) is 4.22. The van der Waals surface area contributed by atoms with E-state index in [1.807, 2.05) is 44.2 Å². The number of nitrogens with one attached hydrogen (secondary N) is 1. The van der Waals surface area contributed by atoms with Gasteiger partial charge in [0, 0.05) is 11.9 Å². The van der Waals surface area contributed by atoms with E-state index >= 15 is 0 Å². The Balaban J connectivity index is 2.37. The van der Waals surface area contributed by atoms with Gasteiger partial charge in [-0.05, 0) is 49.6 Å². The number of para-hydroxylation sites is 1. The standard InChI is InChI=1S/C18H18N2/c1-13-9-14(2)18(15(3)10-13)16(11-19)12-20-17-7-5-4-6-8-17/h4-10,12,20H,1-3H3/b16-12+. The van der Waals surface area contributed by atoms with Gasteiger partial charge in [0.2, 0.25) is 0 Å². The molecule has 2 heteroatoms. The molecule has 0 spiro atoms. The van der Waals surface area contributed by atoms with Gasteiger partial charge in [-0.25, -0.2) is 0 Å². The average molecular weight is 262 g/mol. The average Bonchev–Trinajstić information content (AvgIpc) is 2.42. The van der Waals surface area contributed by atoms with Gasteiger partial charge in [-0.15, -0.1) is 0 Å². The number of anilines is 1. The molecule has 0 fully saturated rings. The summed E-state index contributed by atoms with van der Waals surface area (Å²) in [7, 11) is 0. The van der Waals surface area contributed by atoms with Gasteiger partial charge in [-0.1, -0.05) is 35.9 Å². The molecule has 0 saturated carbocycles. The zero-order valence-corrected chi connectivity index (χ0v) is 12.1. The van der Waals surface area contributed by atoms with Gasteiger partial charge in [0.15, 0.2) is 0 Å². The summed E-state index contributed by atoms with van der Waals surface area (Å²) >= 11 is 0. The van der Waals surface area contributed by atoms with Gasteiger partial charge in [0.25, 0.3) is 0 Å². The molecule has 0 unspecified atom stereocenters. The minimum Gasteiger partial charge on any atom is -0.360 e. The van der Waals surface area contributed by atoms with Crippen LogP contribution in [-0.4, -0.2) is 0 Å². The van der Waals surface area contributed by atoms with Crippen LogP contribution >= 0.6 is 0 Å². The molecule has 2 nitrogen and oxygen atoms in total. The summed E-state index contributed by atoms with van der Waals surface area (Å²) in [6.07, 6.45) is 1.78. The van der Waals surface area contributed by atoms with Gasteiger partial charge in [0.1, 0.15) is 6.07 Å². The normalized spacial score (nSPS) is 11.0.